The van der Waals surface area contributed by atoms with Gasteiger partial charge in [-0.15, -0.1) is 0 Å². The van der Waals surface area contributed by atoms with Crippen molar-refractivity contribution < 1.29 is 23.8 Å². The number of benzene rings is 1. The summed E-state index contributed by atoms with van der Waals surface area (Å²) in [6.07, 6.45) is 0.00194. The molecule has 0 bridgehead atoms. The molecular weight excluding hydrogens is 229 g/mol. The van der Waals surface area contributed by atoms with Crippen molar-refractivity contribution in [1.82, 2.24) is 0 Å². The maximum atomic E-state index is 13.2. The minimum Gasteiger partial charge on any atom is -0.496 e. The Bertz CT molecular complexity index is 397. The largest absolute Gasteiger partial charge is 0.496 e. The van der Waals surface area contributed by atoms with E-state index >= 15 is 0 Å². The zero-order chi connectivity index (χ0) is 13.0. The summed E-state index contributed by atoms with van der Waals surface area (Å²) < 4.78 is 23.1. The number of ether oxygens (including phenoxy) is 2. The van der Waals surface area contributed by atoms with Gasteiger partial charge in [-0.3, -0.25) is 4.79 Å². The second-order valence-corrected chi connectivity index (χ2v) is 3.44. The number of aliphatic carboxylic acids is 1. The molecule has 1 aromatic carbocycles. The third-order valence-electron chi connectivity index (χ3n) is 2.31. The van der Waals surface area contributed by atoms with Gasteiger partial charge in [0.15, 0.2) is 0 Å². The highest BCUT2D eigenvalue weighted by molar-refractivity contribution is 5.74. The van der Waals surface area contributed by atoms with E-state index in [2.05, 4.69) is 0 Å². The number of hydrogen-bond donors (Lipinski definition) is 2. The van der Waals surface area contributed by atoms with Crippen LogP contribution in [0, 0.1) is 5.82 Å². The van der Waals surface area contributed by atoms with Crippen LogP contribution in [0.1, 0.15) is 5.56 Å². The first-order valence-corrected chi connectivity index (χ1v) is 4.88. The lowest BCUT2D eigenvalue weighted by Crippen LogP contribution is -2.32. The van der Waals surface area contributed by atoms with E-state index < -0.39 is 17.8 Å². The van der Waals surface area contributed by atoms with E-state index in [1.54, 1.807) is 0 Å². The van der Waals surface area contributed by atoms with Crippen molar-refractivity contribution in [1.29, 1.82) is 0 Å². The Morgan fingerprint density at radius 1 is 1.41 bits per heavy atom. The van der Waals surface area contributed by atoms with Gasteiger partial charge >= 0.3 is 5.97 Å². The summed E-state index contributed by atoms with van der Waals surface area (Å²) in [4.78, 5) is 10.7. The molecule has 0 fully saturated rings. The van der Waals surface area contributed by atoms with E-state index in [0.717, 1.165) is 12.1 Å². The summed E-state index contributed by atoms with van der Waals surface area (Å²) in [5.41, 5.74) is 5.87. The van der Waals surface area contributed by atoms with E-state index in [-0.39, 0.29) is 17.9 Å². The molecule has 5 nitrogen and oxygen atoms in total. The molecule has 0 aromatic heterocycles. The molecule has 94 valence electrons. The van der Waals surface area contributed by atoms with Crippen molar-refractivity contribution in [2.24, 2.45) is 5.73 Å². The molecule has 1 aromatic rings. The average molecular weight is 243 g/mol. The summed E-state index contributed by atoms with van der Waals surface area (Å²) in [6.45, 7) is 0. The van der Waals surface area contributed by atoms with Gasteiger partial charge in [0.2, 0.25) is 0 Å². The van der Waals surface area contributed by atoms with Gasteiger partial charge in [0, 0.05) is 24.1 Å². The molecule has 0 aliphatic rings. The van der Waals surface area contributed by atoms with E-state index in [1.165, 1.54) is 14.2 Å². The first-order valence-electron chi connectivity index (χ1n) is 4.88. The molecular formula is C11H14FNO4. The summed E-state index contributed by atoms with van der Waals surface area (Å²) in [5, 5.41) is 8.74. The standard InChI is InChI=1S/C11H14FNO4/c1-16-9-3-6(12)4-10(17-2)7(9)5-8(13)11(14)15/h3-4,8H,5,13H2,1-2H3,(H,14,15). The molecule has 0 radical (unpaired) electrons. The van der Waals surface area contributed by atoms with Crippen LogP contribution in [0.25, 0.3) is 0 Å². The first kappa shape index (κ1) is 13.2. The predicted molar refractivity (Wildman–Crippen MR) is 58.8 cm³/mol. The van der Waals surface area contributed by atoms with E-state index in [0.29, 0.717) is 5.56 Å². The molecule has 1 rings (SSSR count). The van der Waals surface area contributed by atoms with Crippen molar-refractivity contribution in [2.75, 3.05) is 14.2 Å². The highest BCUT2D eigenvalue weighted by atomic mass is 19.1. The molecule has 6 heteroatoms. The van der Waals surface area contributed by atoms with Gasteiger partial charge in [-0.1, -0.05) is 0 Å². The summed E-state index contributed by atoms with van der Waals surface area (Å²) in [5.74, 6) is -1.22. The molecule has 0 aliphatic heterocycles. The molecule has 17 heavy (non-hydrogen) atoms. The lowest BCUT2D eigenvalue weighted by Gasteiger charge is -2.15. The van der Waals surface area contributed by atoms with Crippen molar-refractivity contribution >= 4 is 5.97 Å². The minimum atomic E-state index is -1.14. The lowest BCUT2D eigenvalue weighted by molar-refractivity contribution is -0.138. The quantitative estimate of drug-likeness (QED) is 0.799. The van der Waals surface area contributed by atoms with Crippen molar-refractivity contribution in [2.45, 2.75) is 12.5 Å². The maximum Gasteiger partial charge on any atom is 0.320 e. The van der Waals surface area contributed by atoms with Crippen LogP contribution >= 0.6 is 0 Å². The topological polar surface area (TPSA) is 81.8 Å². The molecule has 0 spiro atoms. The molecule has 3 N–H and O–H groups in total. The third-order valence-corrected chi connectivity index (χ3v) is 2.31. The second kappa shape index (κ2) is 5.49. The molecule has 0 amide bonds. The highest BCUT2D eigenvalue weighted by Crippen LogP contribution is 2.30. The van der Waals surface area contributed by atoms with Gasteiger partial charge < -0.3 is 20.3 Å². The van der Waals surface area contributed by atoms with E-state index in [1.807, 2.05) is 0 Å². The van der Waals surface area contributed by atoms with Gasteiger partial charge in [-0.2, -0.15) is 0 Å². The number of hydrogen-bond acceptors (Lipinski definition) is 4. The van der Waals surface area contributed by atoms with Crippen molar-refractivity contribution in [3.63, 3.8) is 0 Å². The average Bonchev–Trinajstić information content (AvgIpc) is 2.30. The normalized spacial score (nSPS) is 12.0. The fourth-order valence-corrected chi connectivity index (χ4v) is 1.46. The van der Waals surface area contributed by atoms with Gasteiger partial charge in [0.1, 0.15) is 23.4 Å². The first-order chi connectivity index (χ1) is 7.99. The van der Waals surface area contributed by atoms with Crippen LogP contribution in [-0.4, -0.2) is 31.3 Å². The summed E-state index contributed by atoms with van der Waals surface area (Å²) in [6, 6.07) is 1.22. The van der Waals surface area contributed by atoms with Crippen molar-refractivity contribution in [3.05, 3.63) is 23.5 Å². The fraction of sp³-hybridized carbons (Fsp3) is 0.364. The SMILES string of the molecule is COc1cc(F)cc(OC)c1CC(N)C(=O)O. The molecule has 0 saturated carbocycles. The van der Waals surface area contributed by atoms with E-state index in [4.69, 9.17) is 20.3 Å². The summed E-state index contributed by atoms with van der Waals surface area (Å²) >= 11 is 0. The zero-order valence-electron chi connectivity index (χ0n) is 9.57. The second-order valence-electron chi connectivity index (χ2n) is 3.44. The number of halogens is 1. The number of carboxylic acid groups (broad SMARTS) is 1. The van der Waals surface area contributed by atoms with Crippen molar-refractivity contribution in [3.8, 4) is 11.5 Å². The monoisotopic (exact) mass is 243 g/mol. The smallest absolute Gasteiger partial charge is 0.320 e. The number of carbonyl (C=O) groups is 1. The Morgan fingerprint density at radius 2 is 1.88 bits per heavy atom. The van der Waals surface area contributed by atoms with Gasteiger partial charge in [0.25, 0.3) is 0 Å². The Labute approximate surface area is 97.9 Å². The third kappa shape index (κ3) is 3.07. The number of nitrogens with two attached hydrogens (primary N) is 1. The Morgan fingerprint density at radius 3 is 2.24 bits per heavy atom. The van der Waals surface area contributed by atoms with Crippen LogP contribution in [-0.2, 0) is 11.2 Å². The Balaban J connectivity index is 3.15. The zero-order valence-corrected chi connectivity index (χ0v) is 9.57. The number of carboxylic acids is 1. The Hall–Kier alpha value is -1.82. The van der Waals surface area contributed by atoms with Gasteiger partial charge in [-0.25, -0.2) is 4.39 Å². The fourth-order valence-electron chi connectivity index (χ4n) is 1.46. The van der Waals surface area contributed by atoms with Crippen LogP contribution in [0.15, 0.2) is 12.1 Å². The van der Waals surface area contributed by atoms with E-state index in [9.17, 15) is 9.18 Å². The molecule has 1 unspecified atom stereocenters. The Kier molecular flexibility index (Phi) is 4.28. The van der Waals surface area contributed by atoms with Crippen LogP contribution in [0.5, 0.6) is 11.5 Å². The van der Waals surface area contributed by atoms with Gasteiger partial charge in [-0.05, 0) is 0 Å². The van der Waals surface area contributed by atoms with Crippen LogP contribution < -0.4 is 15.2 Å². The van der Waals surface area contributed by atoms with Crippen LogP contribution in [0.4, 0.5) is 4.39 Å². The number of rotatable bonds is 5. The molecule has 1 atom stereocenters. The molecule has 0 aliphatic carbocycles. The molecule has 0 heterocycles. The highest BCUT2D eigenvalue weighted by Gasteiger charge is 2.19. The summed E-state index contributed by atoms with van der Waals surface area (Å²) in [7, 11) is 2.73. The van der Waals surface area contributed by atoms with Gasteiger partial charge in [0.05, 0.1) is 14.2 Å². The van der Waals surface area contributed by atoms with Crippen LogP contribution in [0.2, 0.25) is 0 Å². The molecule has 0 saturated heterocycles. The lowest BCUT2D eigenvalue weighted by atomic mass is 10.0. The predicted octanol–water partition coefficient (Wildman–Crippen LogP) is 0.797. The maximum absolute atomic E-state index is 13.2. The van der Waals surface area contributed by atoms with Crippen LogP contribution in [0.3, 0.4) is 0 Å². The number of methoxy groups -OCH3 is 2. The minimum absolute atomic E-state index is 0.00194.